The Morgan fingerprint density at radius 1 is 1.35 bits per heavy atom. The quantitative estimate of drug-likeness (QED) is 0.425. The number of anilines is 3. The van der Waals surface area contributed by atoms with E-state index in [9.17, 15) is 14.4 Å². The van der Waals surface area contributed by atoms with Crippen molar-refractivity contribution in [3.05, 3.63) is 34.2 Å². The fourth-order valence-electron chi connectivity index (χ4n) is 2.11. The number of amides is 2. The van der Waals surface area contributed by atoms with Crippen LogP contribution in [0, 0.1) is 0 Å². The lowest BCUT2D eigenvalue weighted by atomic mass is 10.2. The van der Waals surface area contributed by atoms with E-state index in [0.717, 1.165) is 0 Å². The first-order valence-corrected chi connectivity index (χ1v) is 7.62. The standard InChI is InChI=1S/C15H19N7O4/c1-3-8(11(16)23)20-15-21-13(10(12(17)24)14(25)22-15)19-7-4-5-9(26-2)18-6-7/h4-6,8H,3H2,1-2H3,(H2,16,23)(H2,17,24)(H3,19,20,21,22,25)/t8-/m1/s1. The SMILES string of the molecule is CC[C@@H](Nc1nc(Nc2ccc(OC)nc2)c(C(N)=O)c(=O)[nH]1)C(N)=O. The maximum absolute atomic E-state index is 12.2. The van der Waals surface area contributed by atoms with Crippen molar-refractivity contribution in [3.8, 4) is 5.88 Å². The molecular weight excluding hydrogens is 342 g/mol. The molecule has 2 heterocycles. The molecule has 2 rings (SSSR count). The number of carbonyl (C=O) groups is 2. The van der Waals surface area contributed by atoms with E-state index in [1.165, 1.54) is 13.3 Å². The first-order valence-electron chi connectivity index (χ1n) is 7.62. The number of hydrogen-bond acceptors (Lipinski definition) is 8. The molecule has 0 aliphatic heterocycles. The highest BCUT2D eigenvalue weighted by molar-refractivity contribution is 5.98. The molecule has 26 heavy (non-hydrogen) atoms. The number of pyridine rings is 1. The average Bonchev–Trinajstić information content (AvgIpc) is 2.59. The first-order chi connectivity index (χ1) is 12.3. The number of hydrogen-bond donors (Lipinski definition) is 5. The van der Waals surface area contributed by atoms with Crippen molar-refractivity contribution in [1.29, 1.82) is 0 Å². The van der Waals surface area contributed by atoms with Crippen LogP contribution in [0.4, 0.5) is 17.5 Å². The van der Waals surface area contributed by atoms with E-state index in [2.05, 4.69) is 25.6 Å². The van der Waals surface area contributed by atoms with Gasteiger partial charge in [0.25, 0.3) is 11.5 Å². The van der Waals surface area contributed by atoms with Crippen LogP contribution in [0.5, 0.6) is 5.88 Å². The van der Waals surface area contributed by atoms with Crippen LogP contribution in [0.1, 0.15) is 23.7 Å². The lowest BCUT2D eigenvalue weighted by Gasteiger charge is -2.15. The van der Waals surface area contributed by atoms with Gasteiger partial charge in [-0.2, -0.15) is 4.98 Å². The third-order valence-corrected chi connectivity index (χ3v) is 3.44. The first kappa shape index (κ1) is 18.7. The van der Waals surface area contributed by atoms with Crippen LogP contribution in [-0.4, -0.2) is 39.9 Å². The van der Waals surface area contributed by atoms with Crippen molar-refractivity contribution in [3.63, 3.8) is 0 Å². The highest BCUT2D eigenvalue weighted by Crippen LogP contribution is 2.19. The predicted molar refractivity (Wildman–Crippen MR) is 94.3 cm³/mol. The fourth-order valence-corrected chi connectivity index (χ4v) is 2.11. The summed E-state index contributed by atoms with van der Waals surface area (Å²) in [5.41, 5.74) is 9.86. The van der Waals surface area contributed by atoms with E-state index in [1.54, 1.807) is 19.1 Å². The molecule has 2 aromatic heterocycles. The number of aromatic amines is 1. The maximum atomic E-state index is 12.2. The fraction of sp³-hybridized carbons (Fsp3) is 0.267. The van der Waals surface area contributed by atoms with E-state index < -0.39 is 23.4 Å². The van der Waals surface area contributed by atoms with Crippen LogP contribution in [0.3, 0.4) is 0 Å². The number of nitrogens with one attached hydrogen (secondary N) is 3. The Kier molecular flexibility index (Phi) is 5.73. The minimum atomic E-state index is -0.962. The zero-order valence-corrected chi connectivity index (χ0v) is 14.2. The zero-order valence-electron chi connectivity index (χ0n) is 14.2. The summed E-state index contributed by atoms with van der Waals surface area (Å²) in [6, 6.07) is 2.46. The van der Waals surface area contributed by atoms with E-state index in [4.69, 9.17) is 16.2 Å². The summed E-state index contributed by atoms with van der Waals surface area (Å²) in [5.74, 6) is -1.30. The molecule has 1 atom stereocenters. The lowest BCUT2D eigenvalue weighted by molar-refractivity contribution is -0.118. The van der Waals surface area contributed by atoms with E-state index in [1.807, 2.05) is 0 Å². The topological polar surface area (TPSA) is 178 Å². The molecule has 0 aromatic carbocycles. The molecule has 0 saturated heterocycles. The maximum Gasteiger partial charge on any atom is 0.267 e. The average molecular weight is 361 g/mol. The van der Waals surface area contributed by atoms with Crippen molar-refractivity contribution < 1.29 is 14.3 Å². The van der Waals surface area contributed by atoms with Crippen LogP contribution < -0.4 is 32.4 Å². The Morgan fingerprint density at radius 2 is 2.08 bits per heavy atom. The van der Waals surface area contributed by atoms with Crippen molar-refractivity contribution in [2.45, 2.75) is 19.4 Å². The summed E-state index contributed by atoms with van der Waals surface area (Å²) in [5, 5.41) is 5.51. The van der Waals surface area contributed by atoms with E-state index in [0.29, 0.717) is 18.0 Å². The van der Waals surface area contributed by atoms with Gasteiger partial charge < -0.3 is 26.8 Å². The molecule has 0 aliphatic rings. The van der Waals surface area contributed by atoms with Gasteiger partial charge in [-0.05, 0) is 12.5 Å². The second-order valence-corrected chi connectivity index (χ2v) is 5.22. The molecule has 0 spiro atoms. The molecule has 0 radical (unpaired) electrons. The second-order valence-electron chi connectivity index (χ2n) is 5.22. The number of H-pyrrole nitrogens is 1. The largest absolute Gasteiger partial charge is 0.481 e. The highest BCUT2D eigenvalue weighted by Gasteiger charge is 2.19. The van der Waals surface area contributed by atoms with E-state index in [-0.39, 0.29) is 17.3 Å². The van der Waals surface area contributed by atoms with Gasteiger partial charge in [0, 0.05) is 6.07 Å². The number of rotatable bonds is 8. The van der Waals surface area contributed by atoms with Crippen molar-refractivity contribution in [1.82, 2.24) is 15.0 Å². The number of nitrogens with two attached hydrogens (primary N) is 2. The van der Waals surface area contributed by atoms with Gasteiger partial charge in [-0.15, -0.1) is 0 Å². The second kappa shape index (κ2) is 7.96. The molecular formula is C15H19N7O4. The Bertz CT molecular complexity index is 863. The van der Waals surface area contributed by atoms with Gasteiger partial charge in [-0.1, -0.05) is 6.92 Å². The van der Waals surface area contributed by atoms with Crippen LogP contribution in [-0.2, 0) is 4.79 Å². The molecule has 2 amide bonds. The predicted octanol–water partition coefficient (Wildman–Crippen LogP) is -0.308. The summed E-state index contributed by atoms with van der Waals surface area (Å²) in [7, 11) is 1.47. The van der Waals surface area contributed by atoms with Gasteiger partial charge in [-0.25, -0.2) is 4.98 Å². The Labute approximate surface area is 148 Å². The molecule has 0 fully saturated rings. The lowest BCUT2D eigenvalue weighted by Crippen LogP contribution is -2.36. The van der Waals surface area contributed by atoms with Gasteiger partial charge >= 0.3 is 0 Å². The number of nitrogens with zero attached hydrogens (tertiary/aromatic N) is 2. The molecule has 0 unspecified atom stereocenters. The third kappa shape index (κ3) is 4.26. The van der Waals surface area contributed by atoms with Gasteiger partial charge in [0.05, 0.1) is 19.0 Å². The molecule has 11 nitrogen and oxygen atoms in total. The van der Waals surface area contributed by atoms with E-state index >= 15 is 0 Å². The van der Waals surface area contributed by atoms with Gasteiger partial charge in [-0.3, -0.25) is 19.4 Å². The monoisotopic (exact) mass is 361 g/mol. The molecule has 0 saturated carbocycles. The van der Waals surface area contributed by atoms with Crippen LogP contribution in [0.2, 0.25) is 0 Å². The Balaban J connectivity index is 2.42. The van der Waals surface area contributed by atoms with Crippen molar-refractivity contribution >= 4 is 29.3 Å². The van der Waals surface area contributed by atoms with Gasteiger partial charge in [0.2, 0.25) is 17.7 Å². The summed E-state index contributed by atoms with van der Waals surface area (Å²) in [6.45, 7) is 1.74. The molecule has 138 valence electrons. The zero-order chi connectivity index (χ0) is 19.3. The highest BCUT2D eigenvalue weighted by atomic mass is 16.5. The van der Waals surface area contributed by atoms with Crippen molar-refractivity contribution in [2.24, 2.45) is 11.5 Å². The summed E-state index contributed by atoms with van der Waals surface area (Å²) < 4.78 is 4.96. The van der Waals surface area contributed by atoms with Crippen LogP contribution >= 0.6 is 0 Å². The number of primary amides is 2. The number of ether oxygens (including phenoxy) is 1. The summed E-state index contributed by atoms with van der Waals surface area (Å²) >= 11 is 0. The smallest absolute Gasteiger partial charge is 0.267 e. The normalized spacial score (nSPS) is 11.5. The number of carbonyl (C=O) groups excluding carboxylic acids is 2. The Hall–Kier alpha value is -3.63. The van der Waals surface area contributed by atoms with Gasteiger partial charge in [0.1, 0.15) is 11.6 Å². The van der Waals surface area contributed by atoms with Gasteiger partial charge in [0.15, 0.2) is 5.82 Å². The minimum absolute atomic E-state index is 0.0328. The third-order valence-electron chi connectivity index (χ3n) is 3.44. The molecule has 2 aromatic rings. The molecule has 11 heteroatoms. The van der Waals surface area contributed by atoms with Crippen LogP contribution in [0.25, 0.3) is 0 Å². The minimum Gasteiger partial charge on any atom is -0.481 e. The number of methoxy groups -OCH3 is 1. The molecule has 0 bridgehead atoms. The Morgan fingerprint density at radius 3 is 2.58 bits per heavy atom. The molecule has 0 aliphatic carbocycles. The summed E-state index contributed by atoms with van der Waals surface area (Å²) in [6.07, 6.45) is 1.81. The molecule has 7 N–H and O–H groups in total. The van der Waals surface area contributed by atoms with Crippen molar-refractivity contribution in [2.75, 3.05) is 17.7 Å². The number of aromatic nitrogens is 3. The van der Waals surface area contributed by atoms with Crippen LogP contribution in [0.15, 0.2) is 23.1 Å². The summed E-state index contributed by atoms with van der Waals surface area (Å²) in [4.78, 5) is 45.7.